The first kappa shape index (κ1) is 25.5. The van der Waals surface area contributed by atoms with Gasteiger partial charge in [0.1, 0.15) is 31.8 Å². The second-order valence-corrected chi connectivity index (χ2v) is 11.2. The summed E-state index contributed by atoms with van der Waals surface area (Å²) < 4.78 is 1.56. The van der Waals surface area contributed by atoms with Gasteiger partial charge in [-0.2, -0.15) is 10.5 Å². The van der Waals surface area contributed by atoms with E-state index in [2.05, 4.69) is 63.8 Å². The molecule has 1 aliphatic carbocycles. The molecular weight excluding hydrogens is 497 g/mol. The SMILES string of the molecule is [B]C(Nc1cc(C#N)c2ncnc(NCC(C)(C)C)c2c1)(c1cn(C2(C#N)CC2)nn1)c1ccccc1Cl. The number of hydrogen-bond acceptors (Lipinski definition) is 8. The zero-order chi connectivity index (χ0) is 27.1. The van der Waals surface area contributed by atoms with E-state index >= 15 is 0 Å². The Bertz CT molecular complexity index is 1610. The third-order valence-corrected chi connectivity index (χ3v) is 6.88. The molecule has 2 aromatic heterocycles. The van der Waals surface area contributed by atoms with E-state index in [0.29, 0.717) is 63.6 Å². The molecule has 0 amide bonds. The summed E-state index contributed by atoms with van der Waals surface area (Å²) in [6, 6.07) is 15.3. The first-order valence-electron chi connectivity index (χ1n) is 12.2. The molecule has 2 aromatic carbocycles. The Morgan fingerprint density at radius 2 is 1.92 bits per heavy atom. The molecule has 0 bridgehead atoms. The molecule has 188 valence electrons. The smallest absolute Gasteiger partial charge is 0.150 e. The van der Waals surface area contributed by atoms with Crippen LogP contribution in [0.5, 0.6) is 0 Å². The van der Waals surface area contributed by atoms with Crippen LogP contribution in [0.4, 0.5) is 11.5 Å². The Balaban J connectivity index is 1.63. The maximum Gasteiger partial charge on any atom is 0.150 e. The van der Waals surface area contributed by atoms with Crippen molar-refractivity contribution in [3.05, 3.63) is 70.8 Å². The lowest BCUT2D eigenvalue weighted by Crippen LogP contribution is -2.38. The Hall–Kier alpha value is -4.15. The van der Waals surface area contributed by atoms with E-state index in [9.17, 15) is 10.5 Å². The van der Waals surface area contributed by atoms with Crippen LogP contribution in [-0.2, 0) is 11.0 Å². The van der Waals surface area contributed by atoms with Crippen molar-refractivity contribution in [3.63, 3.8) is 0 Å². The molecule has 2 heterocycles. The minimum Gasteiger partial charge on any atom is -0.378 e. The third-order valence-electron chi connectivity index (χ3n) is 6.55. The molecule has 1 unspecified atom stereocenters. The Labute approximate surface area is 227 Å². The van der Waals surface area contributed by atoms with Gasteiger partial charge in [0.05, 0.1) is 28.8 Å². The van der Waals surface area contributed by atoms with Gasteiger partial charge >= 0.3 is 0 Å². The van der Waals surface area contributed by atoms with E-state index in [4.69, 9.17) is 19.4 Å². The number of benzene rings is 2. The molecule has 1 atom stereocenters. The van der Waals surface area contributed by atoms with Gasteiger partial charge in [-0.05, 0) is 42.0 Å². The van der Waals surface area contributed by atoms with E-state index in [0.717, 1.165) is 0 Å². The van der Waals surface area contributed by atoms with E-state index in [1.165, 1.54) is 6.33 Å². The van der Waals surface area contributed by atoms with E-state index in [1.807, 2.05) is 18.2 Å². The van der Waals surface area contributed by atoms with Gasteiger partial charge in [0.2, 0.25) is 0 Å². The van der Waals surface area contributed by atoms with Crippen LogP contribution in [0.1, 0.15) is 50.4 Å². The van der Waals surface area contributed by atoms with Crippen LogP contribution < -0.4 is 10.6 Å². The van der Waals surface area contributed by atoms with Gasteiger partial charge in [-0.1, -0.05) is 55.8 Å². The van der Waals surface area contributed by atoms with Crippen molar-refractivity contribution in [1.82, 2.24) is 25.0 Å². The monoisotopic (exact) mass is 521 g/mol. The number of halogens is 1. The molecule has 0 saturated heterocycles. The predicted molar refractivity (Wildman–Crippen MR) is 147 cm³/mol. The number of hydrogen-bond donors (Lipinski definition) is 2. The molecule has 0 aliphatic heterocycles. The number of nitrogens with zero attached hydrogens (tertiary/aromatic N) is 7. The van der Waals surface area contributed by atoms with Crippen molar-refractivity contribution >= 4 is 41.9 Å². The predicted octanol–water partition coefficient (Wildman–Crippen LogP) is 4.70. The zero-order valence-corrected chi connectivity index (χ0v) is 22.1. The normalized spacial score (nSPS) is 15.7. The Morgan fingerprint density at radius 1 is 1.16 bits per heavy atom. The van der Waals surface area contributed by atoms with Crippen molar-refractivity contribution in [1.29, 1.82) is 10.5 Å². The lowest BCUT2D eigenvalue weighted by Gasteiger charge is -2.32. The molecule has 5 rings (SSSR count). The van der Waals surface area contributed by atoms with Crippen LogP contribution in [0.2, 0.25) is 5.02 Å². The maximum atomic E-state index is 9.95. The minimum absolute atomic E-state index is 0.00976. The Kier molecular flexibility index (Phi) is 6.25. The van der Waals surface area contributed by atoms with Crippen molar-refractivity contribution in [2.45, 2.75) is 44.6 Å². The highest BCUT2D eigenvalue weighted by molar-refractivity contribution is 6.33. The van der Waals surface area contributed by atoms with Crippen molar-refractivity contribution in [2.75, 3.05) is 17.2 Å². The van der Waals surface area contributed by atoms with Gasteiger partial charge < -0.3 is 10.6 Å². The van der Waals surface area contributed by atoms with Gasteiger partial charge in [-0.3, -0.25) is 0 Å². The highest BCUT2D eigenvalue weighted by Crippen LogP contribution is 2.43. The fourth-order valence-electron chi connectivity index (χ4n) is 4.26. The number of rotatable bonds is 7. The molecule has 2 radical (unpaired) electrons. The second kappa shape index (κ2) is 9.31. The summed E-state index contributed by atoms with van der Waals surface area (Å²) in [5.74, 6) is 0.612. The number of anilines is 2. The van der Waals surface area contributed by atoms with Gasteiger partial charge in [0.25, 0.3) is 0 Å². The van der Waals surface area contributed by atoms with Gasteiger partial charge in [0.15, 0.2) is 5.54 Å². The van der Waals surface area contributed by atoms with Crippen molar-refractivity contribution in [3.8, 4) is 12.1 Å². The Morgan fingerprint density at radius 3 is 2.58 bits per heavy atom. The van der Waals surface area contributed by atoms with Crippen LogP contribution in [0, 0.1) is 28.1 Å². The zero-order valence-electron chi connectivity index (χ0n) is 21.3. The quantitative estimate of drug-likeness (QED) is 0.335. The fraction of sp³-hybridized carbons (Fsp3) is 0.333. The molecule has 0 spiro atoms. The van der Waals surface area contributed by atoms with Gasteiger partial charge in [-0.15, -0.1) is 5.10 Å². The average molecular weight is 522 g/mol. The summed E-state index contributed by atoms with van der Waals surface area (Å²) in [7, 11) is 7.06. The second-order valence-electron chi connectivity index (χ2n) is 10.8. The third kappa shape index (κ3) is 4.64. The van der Waals surface area contributed by atoms with E-state index in [1.54, 1.807) is 29.1 Å². The van der Waals surface area contributed by atoms with Gasteiger partial charge in [-0.25, -0.2) is 14.6 Å². The molecule has 1 aliphatic rings. The van der Waals surface area contributed by atoms with Crippen LogP contribution in [-0.4, -0.2) is 39.4 Å². The highest BCUT2D eigenvalue weighted by Gasteiger charge is 2.47. The average Bonchev–Trinajstić information content (AvgIpc) is 3.53. The number of nitriles is 2. The summed E-state index contributed by atoms with van der Waals surface area (Å²) in [5, 5.41) is 36.0. The number of nitrogens with one attached hydrogen (secondary N) is 2. The lowest BCUT2D eigenvalue weighted by atomic mass is 9.69. The van der Waals surface area contributed by atoms with Crippen molar-refractivity contribution in [2.24, 2.45) is 5.41 Å². The van der Waals surface area contributed by atoms with Crippen LogP contribution in [0.25, 0.3) is 10.9 Å². The highest BCUT2D eigenvalue weighted by atomic mass is 35.5. The van der Waals surface area contributed by atoms with Gasteiger partial charge in [0, 0.05) is 22.6 Å². The lowest BCUT2D eigenvalue weighted by molar-refractivity contribution is 0.442. The van der Waals surface area contributed by atoms with Crippen LogP contribution in [0.15, 0.2) is 48.9 Å². The summed E-state index contributed by atoms with van der Waals surface area (Å²) in [5.41, 5.74) is 0.242. The fourth-order valence-corrected chi connectivity index (χ4v) is 4.54. The molecule has 9 nitrogen and oxygen atoms in total. The summed E-state index contributed by atoms with van der Waals surface area (Å²) in [6.07, 6.45) is 4.52. The van der Waals surface area contributed by atoms with E-state index in [-0.39, 0.29) is 5.41 Å². The van der Waals surface area contributed by atoms with E-state index < -0.39 is 11.0 Å². The molecule has 1 fully saturated rings. The largest absolute Gasteiger partial charge is 0.378 e. The summed E-state index contributed by atoms with van der Waals surface area (Å²) in [4.78, 5) is 8.79. The molecule has 1 saturated carbocycles. The standard InChI is InChI=1S/C27H25BClN9/c1-25(2,3)15-32-24-19-11-18(10-17(12-30)23(19)33-16-34-24)35-27(28,20-6-4-5-7-21(20)29)22-13-38(37-36-22)26(14-31)8-9-26/h4-7,10-11,13,16,35H,8-9,15H2,1-3H3,(H,32,33,34). The molecule has 4 aromatic rings. The summed E-state index contributed by atoms with van der Waals surface area (Å²) >= 11 is 6.61. The molecule has 2 N–H and O–H groups in total. The minimum atomic E-state index is -1.43. The first-order chi connectivity index (χ1) is 18.1. The molecule has 11 heteroatoms. The number of fused-ring (bicyclic) bond motifs is 1. The van der Waals surface area contributed by atoms with Crippen LogP contribution in [0.3, 0.4) is 0 Å². The topological polar surface area (TPSA) is 128 Å². The maximum absolute atomic E-state index is 9.95. The van der Waals surface area contributed by atoms with Crippen LogP contribution >= 0.6 is 11.6 Å². The van der Waals surface area contributed by atoms with Crippen molar-refractivity contribution < 1.29 is 0 Å². The number of aromatic nitrogens is 5. The first-order valence-corrected chi connectivity index (χ1v) is 12.6. The molecule has 38 heavy (non-hydrogen) atoms. The molecular formula is C27H25BClN9. The summed E-state index contributed by atoms with van der Waals surface area (Å²) in [6.45, 7) is 7.03.